The first-order valence-corrected chi connectivity index (χ1v) is 7.29. The Kier molecular flexibility index (Phi) is 5.51. The first-order valence-electron chi connectivity index (χ1n) is 7.29. The topological polar surface area (TPSA) is 130 Å². The Hall–Kier alpha value is -3.49. The minimum Gasteiger partial charge on any atom is -0.481 e. The van der Waals surface area contributed by atoms with E-state index in [2.05, 4.69) is 5.32 Å². The average Bonchev–Trinajstić information content (AvgIpc) is 2.56. The van der Waals surface area contributed by atoms with Gasteiger partial charge in [0.05, 0.1) is 12.0 Å². The molecule has 0 aliphatic carbocycles. The van der Waals surface area contributed by atoms with Gasteiger partial charge in [-0.3, -0.25) is 9.59 Å². The number of carboxylic acid groups (broad SMARTS) is 2. The van der Waals surface area contributed by atoms with E-state index in [0.717, 1.165) is 12.1 Å². The fraction of sp³-hybridized carbons (Fsp3) is 0.118. The summed E-state index contributed by atoms with van der Waals surface area (Å²) >= 11 is 0. The van der Waals surface area contributed by atoms with Crippen molar-refractivity contribution >= 4 is 23.5 Å². The van der Waals surface area contributed by atoms with Crippen LogP contribution in [0, 0.1) is 11.6 Å². The summed E-state index contributed by atoms with van der Waals surface area (Å²) in [7, 11) is 0. The number of anilines is 1. The predicted octanol–water partition coefficient (Wildman–Crippen LogP) is 1.87. The molecule has 0 unspecified atom stereocenters. The third-order valence-electron chi connectivity index (χ3n) is 3.53. The molecule has 2 rings (SSSR count). The maximum Gasteiger partial charge on any atom is 0.326 e. The fourth-order valence-electron chi connectivity index (χ4n) is 2.24. The van der Waals surface area contributed by atoms with Crippen LogP contribution < -0.4 is 11.1 Å². The molecule has 2 aromatic carbocycles. The van der Waals surface area contributed by atoms with Gasteiger partial charge in [-0.1, -0.05) is 12.1 Å². The molecule has 136 valence electrons. The second-order valence-electron chi connectivity index (χ2n) is 5.39. The van der Waals surface area contributed by atoms with E-state index in [-0.39, 0.29) is 11.3 Å². The number of nitrogens with two attached hydrogens (primary N) is 1. The smallest absolute Gasteiger partial charge is 0.326 e. The lowest BCUT2D eigenvalue weighted by Gasteiger charge is -2.14. The third-order valence-corrected chi connectivity index (χ3v) is 3.53. The highest BCUT2D eigenvalue weighted by molar-refractivity contribution is 6.02. The summed E-state index contributed by atoms with van der Waals surface area (Å²) in [6, 6.07) is 5.67. The van der Waals surface area contributed by atoms with Crippen molar-refractivity contribution in [3.63, 3.8) is 0 Å². The van der Waals surface area contributed by atoms with Gasteiger partial charge in [-0.2, -0.15) is 0 Å². The second-order valence-corrected chi connectivity index (χ2v) is 5.39. The molecule has 9 heteroatoms. The van der Waals surface area contributed by atoms with E-state index in [0.29, 0.717) is 11.1 Å². The minimum absolute atomic E-state index is 0.0378. The molecule has 0 aliphatic rings. The first-order chi connectivity index (χ1) is 12.2. The molecule has 26 heavy (non-hydrogen) atoms. The van der Waals surface area contributed by atoms with E-state index < -0.39 is 41.9 Å². The molecule has 0 aliphatic heterocycles. The lowest BCUT2D eigenvalue weighted by Crippen LogP contribution is -2.42. The van der Waals surface area contributed by atoms with Crippen molar-refractivity contribution in [3.8, 4) is 11.1 Å². The number of benzene rings is 2. The Morgan fingerprint density at radius 1 is 1.00 bits per heavy atom. The standard InChI is InChI=1S/C17H14F2N2O5/c18-11-4-2-8(5-12(11)19)9-1-3-10(13(20)6-9)16(24)21-14(17(25)26)7-15(22)23/h1-6,14H,7,20H2,(H,21,24)(H,22,23)(H,25,26)/t14-/m1/s1. The monoisotopic (exact) mass is 364 g/mol. The minimum atomic E-state index is -1.62. The summed E-state index contributed by atoms with van der Waals surface area (Å²) in [6.07, 6.45) is -0.798. The Morgan fingerprint density at radius 3 is 2.15 bits per heavy atom. The van der Waals surface area contributed by atoms with E-state index in [9.17, 15) is 23.2 Å². The summed E-state index contributed by atoms with van der Waals surface area (Å²) in [5, 5.41) is 19.7. The van der Waals surface area contributed by atoms with E-state index in [1.54, 1.807) is 0 Å². The highest BCUT2D eigenvalue weighted by Gasteiger charge is 2.24. The molecule has 2 aromatic rings. The van der Waals surface area contributed by atoms with Crippen molar-refractivity contribution in [2.24, 2.45) is 0 Å². The lowest BCUT2D eigenvalue weighted by atomic mass is 10.0. The summed E-state index contributed by atoms with van der Waals surface area (Å²) in [4.78, 5) is 33.8. The van der Waals surface area contributed by atoms with Crippen LogP contribution in [0.2, 0.25) is 0 Å². The summed E-state index contributed by atoms with van der Waals surface area (Å²) in [5.74, 6) is -5.80. The molecule has 0 fully saturated rings. The highest BCUT2D eigenvalue weighted by Crippen LogP contribution is 2.25. The van der Waals surface area contributed by atoms with Gasteiger partial charge < -0.3 is 21.3 Å². The van der Waals surface area contributed by atoms with Crippen LogP contribution in [0.15, 0.2) is 36.4 Å². The number of rotatable bonds is 6. The molecule has 0 heterocycles. The van der Waals surface area contributed by atoms with E-state index in [1.807, 2.05) is 0 Å². The molecule has 0 saturated heterocycles. The molecule has 7 nitrogen and oxygen atoms in total. The molecule has 5 N–H and O–H groups in total. The zero-order valence-corrected chi connectivity index (χ0v) is 13.2. The normalized spacial score (nSPS) is 11.6. The van der Waals surface area contributed by atoms with Gasteiger partial charge in [-0.25, -0.2) is 13.6 Å². The van der Waals surface area contributed by atoms with Gasteiger partial charge in [0, 0.05) is 5.69 Å². The number of carbonyl (C=O) groups excluding carboxylic acids is 1. The number of halogens is 2. The van der Waals surface area contributed by atoms with Crippen molar-refractivity contribution in [3.05, 3.63) is 53.6 Å². The van der Waals surface area contributed by atoms with Gasteiger partial charge >= 0.3 is 11.9 Å². The van der Waals surface area contributed by atoms with Gasteiger partial charge in [0.1, 0.15) is 6.04 Å². The predicted molar refractivity (Wildman–Crippen MR) is 87.3 cm³/mol. The number of carbonyl (C=O) groups is 3. The van der Waals surface area contributed by atoms with E-state index >= 15 is 0 Å². The molecule has 0 saturated carbocycles. The number of amides is 1. The first kappa shape index (κ1) is 18.8. The number of nitrogen functional groups attached to an aromatic ring is 1. The molecule has 0 aromatic heterocycles. The number of nitrogens with one attached hydrogen (secondary N) is 1. The number of aliphatic carboxylic acids is 2. The lowest BCUT2D eigenvalue weighted by molar-refractivity contribution is -0.145. The summed E-state index contributed by atoms with van der Waals surface area (Å²) in [6.45, 7) is 0. The van der Waals surface area contributed by atoms with E-state index in [1.165, 1.54) is 24.3 Å². The van der Waals surface area contributed by atoms with Crippen LogP contribution in [0.4, 0.5) is 14.5 Å². The number of hydrogen-bond donors (Lipinski definition) is 4. The van der Waals surface area contributed by atoms with Gasteiger partial charge in [0.2, 0.25) is 0 Å². The number of carboxylic acids is 2. The fourth-order valence-corrected chi connectivity index (χ4v) is 2.24. The maximum atomic E-state index is 13.3. The summed E-state index contributed by atoms with van der Waals surface area (Å²) in [5.41, 5.74) is 6.42. The van der Waals surface area contributed by atoms with Crippen molar-refractivity contribution in [1.29, 1.82) is 0 Å². The van der Waals surface area contributed by atoms with Crippen LogP contribution in [-0.2, 0) is 9.59 Å². The maximum absolute atomic E-state index is 13.3. The quantitative estimate of drug-likeness (QED) is 0.579. The van der Waals surface area contributed by atoms with Crippen LogP contribution in [0.3, 0.4) is 0 Å². The Balaban J connectivity index is 2.25. The summed E-state index contributed by atoms with van der Waals surface area (Å²) < 4.78 is 26.3. The Morgan fingerprint density at radius 2 is 1.62 bits per heavy atom. The van der Waals surface area contributed by atoms with Gasteiger partial charge in [0.25, 0.3) is 5.91 Å². The molecular weight excluding hydrogens is 350 g/mol. The molecular formula is C17H14F2N2O5. The van der Waals surface area contributed by atoms with Gasteiger partial charge in [-0.15, -0.1) is 0 Å². The number of hydrogen-bond acceptors (Lipinski definition) is 4. The zero-order valence-electron chi connectivity index (χ0n) is 13.2. The second kappa shape index (κ2) is 7.60. The van der Waals surface area contributed by atoms with Crippen molar-refractivity contribution < 1.29 is 33.4 Å². The van der Waals surface area contributed by atoms with Crippen LogP contribution in [0.1, 0.15) is 16.8 Å². The van der Waals surface area contributed by atoms with Crippen LogP contribution in [0.25, 0.3) is 11.1 Å². The van der Waals surface area contributed by atoms with Crippen LogP contribution in [-0.4, -0.2) is 34.1 Å². The van der Waals surface area contributed by atoms with Crippen LogP contribution >= 0.6 is 0 Å². The SMILES string of the molecule is Nc1cc(-c2ccc(F)c(F)c2)ccc1C(=O)N[C@H](CC(=O)O)C(=O)O. The molecule has 1 atom stereocenters. The third kappa shape index (κ3) is 4.32. The Labute approximate surface area is 146 Å². The van der Waals surface area contributed by atoms with Crippen LogP contribution in [0.5, 0.6) is 0 Å². The van der Waals surface area contributed by atoms with Gasteiger partial charge in [0.15, 0.2) is 11.6 Å². The van der Waals surface area contributed by atoms with Gasteiger partial charge in [-0.05, 0) is 35.4 Å². The molecule has 0 bridgehead atoms. The van der Waals surface area contributed by atoms with Crippen molar-refractivity contribution in [2.75, 3.05) is 5.73 Å². The molecule has 0 spiro atoms. The Bertz CT molecular complexity index is 885. The highest BCUT2D eigenvalue weighted by atomic mass is 19.2. The average molecular weight is 364 g/mol. The largest absolute Gasteiger partial charge is 0.481 e. The van der Waals surface area contributed by atoms with Crippen molar-refractivity contribution in [1.82, 2.24) is 5.32 Å². The zero-order chi connectivity index (χ0) is 19.4. The molecule has 0 radical (unpaired) electrons. The van der Waals surface area contributed by atoms with Crippen molar-refractivity contribution in [2.45, 2.75) is 12.5 Å². The van der Waals surface area contributed by atoms with E-state index in [4.69, 9.17) is 15.9 Å². The molecule has 1 amide bonds.